The Morgan fingerprint density at radius 3 is 2.50 bits per heavy atom. The molecule has 0 aromatic heterocycles. The summed E-state index contributed by atoms with van der Waals surface area (Å²) in [7, 11) is 0. The fraction of sp³-hybridized carbons (Fsp3) is 0.562. The summed E-state index contributed by atoms with van der Waals surface area (Å²) in [6.45, 7) is 6.22. The van der Waals surface area contributed by atoms with Gasteiger partial charge in [0.25, 0.3) is 0 Å². The molecule has 1 N–H and O–H groups in total. The van der Waals surface area contributed by atoms with Gasteiger partial charge in [-0.3, -0.25) is 0 Å². The summed E-state index contributed by atoms with van der Waals surface area (Å²) in [5.74, 6) is 0.108. The maximum Gasteiger partial charge on any atom is 0.418 e. The maximum absolute atomic E-state index is 13.2. The second-order valence-electron chi connectivity index (χ2n) is 5.73. The summed E-state index contributed by atoms with van der Waals surface area (Å²) in [4.78, 5) is 13.8. The van der Waals surface area contributed by atoms with Crippen molar-refractivity contribution in [3.8, 4) is 5.75 Å². The minimum absolute atomic E-state index is 0.108. The lowest BCUT2D eigenvalue weighted by Gasteiger charge is -2.35. The Hall–Kier alpha value is -1.96. The Kier molecular flexibility index (Phi) is 5.58. The van der Waals surface area contributed by atoms with Crippen LogP contribution in [0.15, 0.2) is 18.2 Å². The summed E-state index contributed by atoms with van der Waals surface area (Å²) in [5, 5.41) is 2.35. The van der Waals surface area contributed by atoms with E-state index in [4.69, 9.17) is 9.47 Å². The molecule has 1 fully saturated rings. The first-order valence-electron chi connectivity index (χ1n) is 7.76. The third kappa shape index (κ3) is 4.53. The highest BCUT2D eigenvalue weighted by molar-refractivity contribution is 5.90. The summed E-state index contributed by atoms with van der Waals surface area (Å²) in [5.41, 5.74) is -1.22. The van der Waals surface area contributed by atoms with E-state index in [1.807, 2.05) is 13.8 Å². The molecule has 24 heavy (non-hydrogen) atoms. The van der Waals surface area contributed by atoms with Crippen molar-refractivity contribution in [1.29, 1.82) is 0 Å². The Morgan fingerprint density at radius 1 is 1.33 bits per heavy atom. The zero-order chi connectivity index (χ0) is 17.9. The van der Waals surface area contributed by atoms with Gasteiger partial charge in [0.15, 0.2) is 0 Å². The highest BCUT2D eigenvalue weighted by Gasteiger charge is 2.35. The van der Waals surface area contributed by atoms with Crippen LogP contribution in [0.25, 0.3) is 0 Å². The van der Waals surface area contributed by atoms with Crippen molar-refractivity contribution >= 4 is 11.7 Å². The molecule has 2 rings (SSSR count). The number of benzene rings is 1. The lowest BCUT2D eigenvalue weighted by Crippen LogP contribution is -2.49. The molecule has 0 spiro atoms. The van der Waals surface area contributed by atoms with Gasteiger partial charge in [-0.2, -0.15) is 13.2 Å². The van der Waals surface area contributed by atoms with E-state index in [1.54, 1.807) is 6.92 Å². The minimum atomic E-state index is -4.60. The normalized spacial score (nSPS) is 21.5. The molecule has 1 aromatic rings. The number of carbonyl (C=O) groups is 1. The molecule has 1 aliphatic rings. The maximum atomic E-state index is 13.2. The summed E-state index contributed by atoms with van der Waals surface area (Å²) < 4.78 is 50.4. The number of halogens is 3. The molecule has 8 heteroatoms. The third-order valence-electron chi connectivity index (χ3n) is 3.56. The van der Waals surface area contributed by atoms with Crippen LogP contribution in [-0.2, 0) is 10.9 Å². The smallest absolute Gasteiger partial charge is 0.418 e. The van der Waals surface area contributed by atoms with Gasteiger partial charge < -0.3 is 19.7 Å². The number of urea groups is 1. The molecule has 1 aliphatic heterocycles. The molecular weight excluding hydrogens is 325 g/mol. The first kappa shape index (κ1) is 18.4. The van der Waals surface area contributed by atoms with E-state index in [0.717, 1.165) is 6.07 Å². The fourth-order valence-electron chi connectivity index (χ4n) is 2.66. The van der Waals surface area contributed by atoms with Gasteiger partial charge in [0.05, 0.1) is 30.1 Å². The number of rotatable bonds is 3. The van der Waals surface area contributed by atoms with Gasteiger partial charge in [-0.25, -0.2) is 4.79 Å². The van der Waals surface area contributed by atoms with Gasteiger partial charge in [-0.1, -0.05) is 0 Å². The number of nitrogens with zero attached hydrogens (tertiary/aromatic N) is 1. The van der Waals surface area contributed by atoms with E-state index < -0.39 is 17.8 Å². The average molecular weight is 346 g/mol. The van der Waals surface area contributed by atoms with Gasteiger partial charge in [-0.15, -0.1) is 0 Å². The van der Waals surface area contributed by atoms with Crippen molar-refractivity contribution in [2.24, 2.45) is 0 Å². The van der Waals surface area contributed by atoms with Crippen molar-refractivity contribution < 1.29 is 27.4 Å². The molecule has 2 atom stereocenters. The summed E-state index contributed by atoms with van der Waals surface area (Å²) in [6, 6.07) is 2.92. The Morgan fingerprint density at radius 2 is 1.96 bits per heavy atom. The standard InChI is InChI=1S/C16H21F3N2O3/c1-4-23-12-5-6-14(13(7-12)16(17,18)19)20-15(22)21-8-10(2)24-11(3)9-21/h5-7,10-11H,4,8-9H2,1-3H3,(H,20,22)/t10-,11-/m1/s1. The van der Waals surface area contributed by atoms with Gasteiger partial charge in [0.2, 0.25) is 0 Å². The molecular formula is C16H21F3N2O3. The molecule has 0 aliphatic carbocycles. The van der Waals surface area contributed by atoms with Crippen LogP contribution in [-0.4, -0.2) is 42.8 Å². The van der Waals surface area contributed by atoms with E-state index in [9.17, 15) is 18.0 Å². The second-order valence-corrected chi connectivity index (χ2v) is 5.73. The van der Waals surface area contributed by atoms with Crippen molar-refractivity contribution in [3.63, 3.8) is 0 Å². The van der Waals surface area contributed by atoms with E-state index in [-0.39, 0.29) is 30.3 Å². The molecule has 2 amide bonds. The predicted octanol–water partition coefficient (Wildman–Crippen LogP) is 3.75. The molecule has 0 bridgehead atoms. The van der Waals surface area contributed by atoms with Crippen molar-refractivity contribution in [2.75, 3.05) is 25.0 Å². The number of morpholine rings is 1. The zero-order valence-corrected chi connectivity index (χ0v) is 13.8. The van der Waals surface area contributed by atoms with Crippen molar-refractivity contribution in [2.45, 2.75) is 39.2 Å². The average Bonchev–Trinajstić information content (AvgIpc) is 2.47. The molecule has 5 nitrogen and oxygen atoms in total. The Bertz CT molecular complexity index is 582. The highest BCUT2D eigenvalue weighted by atomic mass is 19.4. The van der Waals surface area contributed by atoms with Crippen LogP contribution >= 0.6 is 0 Å². The number of hydrogen-bond acceptors (Lipinski definition) is 3. The zero-order valence-electron chi connectivity index (χ0n) is 13.8. The van der Waals surface area contributed by atoms with Gasteiger partial charge in [0, 0.05) is 13.1 Å². The largest absolute Gasteiger partial charge is 0.494 e. The molecule has 1 aromatic carbocycles. The number of nitrogens with one attached hydrogen (secondary N) is 1. The van der Waals surface area contributed by atoms with Crippen LogP contribution < -0.4 is 10.1 Å². The lowest BCUT2D eigenvalue weighted by atomic mass is 10.1. The molecule has 1 saturated heterocycles. The lowest BCUT2D eigenvalue weighted by molar-refractivity contribution is -0.137. The van der Waals surface area contributed by atoms with E-state index in [1.165, 1.54) is 17.0 Å². The van der Waals surface area contributed by atoms with E-state index in [0.29, 0.717) is 13.1 Å². The first-order valence-corrected chi connectivity index (χ1v) is 7.76. The van der Waals surface area contributed by atoms with Gasteiger partial charge in [0.1, 0.15) is 5.75 Å². The van der Waals surface area contributed by atoms with Crippen LogP contribution in [0, 0.1) is 0 Å². The molecule has 134 valence electrons. The summed E-state index contributed by atoms with van der Waals surface area (Å²) >= 11 is 0. The van der Waals surface area contributed by atoms with E-state index >= 15 is 0 Å². The van der Waals surface area contributed by atoms with Crippen LogP contribution in [0.5, 0.6) is 5.75 Å². The molecule has 0 saturated carbocycles. The number of hydrogen-bond donors (Lipinski definition) is 1. The topological polar surface area (TPSA) is 50.8 Å². The number of carbonyl (C=O) groups excluding carboxylic acids is 1. The number of anilines is 1. The highest BCUT2D eigenvalue weighted by Crippen LogP contribution is 2.37. The Labute approximate surface area is 138 Å². The van der Waals surface area contributed by atoms with E-state index in [2.05, 4.69) is 5.32 Å². The van der Waals surface area contributed by atoms with Gasteiger partial charge >= 0.3 is 12.2 Å². The monoisotopic (exact) mass is 346 g/mol. The number of alkyl halides is 3. The van der Waals surface area contributed by atoms with Gasteiger partial charge in [-0.05, 0) is 39.0 Å². The van der Waals surface area contributed by atoms with Crippen LogP contribution in [0.1, 0.15) is 26.3 Å². The number of amides is 2. The Balaban J connectivity index is 2.20. The molecule has 0 unspecified atom stereocenters. The van der Waals surface area contributed by atoms with Crippen LogP contribution in [0.2, 0.25) is 0 Å². The predicted molar refractivity (Wildman–Crippen MR) is 83.2 cm³/mol. The number of ether oxygens (including phenoxy) is 2. The summed E-state index contributed by atoms with van der Waals surface area (Å²) in [6.07, 6.45) is -4.93. The van der Waals surface area contributed by atoms with Crippen LogP contribution in [0.4, 0.5) is 23.7 Å². The minimum Gasteiger partial charge on any atom is -0.494 e. The molecule has 1 heterocycles. The fourth-order valence-corrected chi connectivity index (χ4v) is 2.66. The molecule has 0 radical (unpaired) electrons. The van der Waals surface area contributed by atoms with Crippen LogP contribution in [0.3, 0.4) is 0 Å². The van der Waals surface area contributed by atoms with Crippen molar-refractivity contribution in [1.82, 2.24) is 4.90 Å². The SMILES string of the molecule is CCOc1ccc(NC(=O)N2C[C@@H](C)O[C@H](C)C2)c(C(F)(F)F)c1. The van der Waals surface area contributed by atoms with Crippen molar-refractivity contribution in [3.05, 3.63) is 23.8 Å². The second kappa shape index (κ2) is 7.29. The third-order valence-corrected chi connectivity index (χ3v) is 3.56. The quantitative estimate of drug-likeness (QED) is 0.907. The first-order chi connectivity index (χ1) is 11.2.